The van der Waals surface area contributed by atoms with Crippen LogP contribution in [-0.4, -0.2) is 16.2 Å². The first kappa shape index (κ1) is 13.9. The number of benzene rings is 3. The van der Waals surface area contributed by atoms with Crippen molar-refractivity contribution in [3.05, 3.63) is 71.8 Å². The first-order chi connectivity index (χ1) is 10.6. The maximum atomic E-state index is 10.8. The number of rotatable bonds is 4. The largest absolute Gasteiger partial charge is 0.508 e. The second kappa shape index (κ2) is 5.77. The summed E-state index contributed by atoms with van der Waals surface area (Å²) in [5.74, 6) is -0.702. The van der Waals surface area contributed by atoms with Crippen LogP contribution in [0.4, 0.5) is 5.69 Å². The maximum Gasteiger partial charge on any atom is 0.335 e. The number of phenols is 1. The van der Waals surface area contributed by atoms with Gasteiger partial charge in [-0.25, -0.2) is 4.79 Å². The molecule has 3 aromatic carbocycles. The first-order valence-electron chi connectivity index (χ1n) is 6.92. The summed E-state index contributed by atoms with van der Waals surface area (Å²) in [5.41, 5.74) is 1.87. The number of aromatic hydroxyl groups is 1. The van der Waals surface area contributed by atoms with Crippen molar-refractivity contribution in [3.8, 4) is 5.75 Å². The standard InChI is InChI=1S/C18H15NO3/c20-17-10-7-12-3-1-2-4-15(12)16(17)11-19-14-8-5-13(6-9-14)18(21)22/h1-10,19-20H,11H2,(H,21,22). The Morgan fingerprint density at radius 1 is 0.955 bits per heavy atom. The van der Waals surface area contributed by atoms with Crippen LogP contribution in [0, 0.1) is 0 Å². The van der Waals surface area contributed by atoms with Gasteiger partial charge in [0, 0.05) is 17.8 Å². The minimum atomic E-state index is -0.946. The fourth-order valence-electron chi connectivity index (χ4n) is 2.43. The molecule has 0 aliphatic rings. The smallest absolute Gasteiger partial charge is 0.335 e. The lowest BCUT2D eigenvalue weighted by atomic mass is 10.0. The summed E-state index contributed by atoms with van der Waals surface area (Å²) >= 11 is 0. The van der Waals surface area contributed by atoms with Gasteiger partial charge in [-0.15, -0.1) is 0 Å². The van der Waals surface area contributed by atoms with Crippen LogP contribution in [0.2, 0.25) is 0 Å². The lowest BCUT2D eigenvalue weighted by Gasteiger charge is -2.11. The molecule has 3 aromatic rings. The molecule has 0 spiro atoms. The summed E-state index contributed by atoms with van der Waals surface area (Å²) in [7, 11) is 0. The van der Waals surface area contributed by atoms with Gasteiger partial charge in [-0.05, 0) is 41.1 Å². The van der Waals surface area contributed by atoms with E-state index in [1.807, 2.05) is 30.3 Å². The highest BCUT2D eigenvalue weighted by atomic mass is 16.4. The molecule has 0 aliphatic carbocycles. The molecule has 0 unspecified atom stereocenters. The molecule has 0 radical (unpaired) electrons. The lowest BCUT2D eigenvalue weighted by Crippen LogP contribution is -2.02. The van der Waals surface area contributed by atoms with Gasteiger partial charge in [-0.3, -0.25) is 0 Å². The van der Waals surface area contributed by atoms with E-state index in [2.05, 4.69) is 5.32 Å². The molecule has 0 bridgehead atoms. The fraction of sp³-hybridized carbons (Fsp3) is 0.0556. The lowest BCUT2D eigenvalue weighted by molar-refractivity contribution is 0.0697. The highest BCUT2D eigenvalue weighted by Crippen LogP contribution is 2.27. The number of hydrogen-bond donors (Lipinski definition) is 3. The molecular formula is C18H15NO3. The summed E-state index contributed by atoms with van der Waals surface area (Å²) < 4.78 is 0. The van der Waals surface area contributed by atoms with Gasteiger partial charge in [-0.2, -0.15) is 0 Å². The monoisotopic (exact) mass is 293 g/mol. The molecule has 3 rings (SSSR count). The zero-order valence-corrected chi connectivity index (χ0v) is 11.8. The van der Waals surface area contributed by atoms with E-state index in [0.717, 1.165) is 22.0 Å². The number of carbonyl (C=O) groups is 1. The normalized spacial score (nSPS) is 10.5. The van der Waals surface area contributed by atoms with Crippen LogP contribution in [0.3, 0.4) is 0 Å². The summed E-state index contributed by atoms with van der Waals surface area (Å²) in [6.07, 6.45) is 0. The Bertz CT molecular complexity index is 825. The van der Waals surface area contributed by atoms with Crippen LogP contribution in [0.5, 0.6) is 5.75 Å². The summed E-state index contributed by atoms with van der Waals surface area (Å²) in [6, 6.07) is 18.0. The van der Waals surface area contributed by atoms with E-state index in [9.17, 15) is 9.90 Å². The Kier molecular flexibility index (Phi) is 3.66. The SMILES string of the molecule is O=C(O)c1ccc(NCc2c(O)ccc3ccccc23)cc1. The number of fused-ring (bicyclic) bond motifs is 1. The molecule has 3 N–H and O–H groups in total. The Hall–Kier alpha value is -3.01. The molecule has 0 fully saturated rings. The van der Waals surface area contributed by atoms with Crippen molar-refractivity contribution in [1.82, 2.24) is 0 Å². The van der Waals surface area contributed by atoms with Crippen molar-refractivity contribution in [3.63, 3.8) is 0 Å². The molecule has 0 saturated heterocycles. The minimum absolute atomic E-state index is 0.244. The molecule has 0 heterocycles. The molecule has 0 saturated carbocycles. The number of hydrogen-bond acceptors (Lipinski definition) is 3. The van der Waals surface area contributed by atoms with Crippen LogP contribution in [0.15, 0.2) is 60.7 Å². The molecule has 22 heavy (non-hydrogen) atoms. The summed E-state index contributed by atoms with van der Waals surface area (Å²) in [4.78, 5) is 10.8. The van der Waals surface area contributed by atoms with Gasteiger partial charge in [-0.1, -0.05) is 30.3 Å². The Balaban J connectivity index is 1.84. The van der Waals surface area contributed by atoms with Crippen LogP contribution in [0.25, 0.3) is 10.8 Å². The number of aromatic carboxylic acids is 1. The van der Waals surface area contributed by atoms with Gasteiger partial charge in [0.15, 0.2) is 0 Å². The third kappa shape index (κ3) is 2.72. The maximum absolute atomic E-state index is 10.8. The number of phenolic OH excluding ortho intramolecular Hbond substituents is 1. The van der Waals surface area contributed by atoms with Crippen molar-refractivity contribution in [2.75, 3.05) is 5.32 Å². The van der Waals surface area contributed by atoms with Crippen LogP contribution in [-0.2, 0) is 6.54 Å². The molecule has 110 valence electrons. The third-order valence-electron chi connectivity index (χ3n) is 3.62. The quantitative estimate of drug-likeness (QED) is 0.683. The van der Waals surface area contributed by atoms with Gasteiger partial charge >= 0.3 is 5.97 Å². The highest BCUT2D eigenvalue weighted by Gasteiger charge is 2.07. The molecule has 0 atom stereocenters. The molecule has 4 nitrogen and oxygen atoms in total. The average molecular weight is 293 g/mol. The van der Waals surface area contributed by atoms with Gasteiger partial charge in [0.25, 0.3) is 0 Å². The van der Waals surface area contributed by atoms with Crippen molar-refractivity contribution in [2.45, 2.75) is 6.54 Å². The van der Waals surface area contributed by atoms with Gasteiger partial charge in [0.2, 0.25) is 0 Å². The Morgan fingerprint density at radius 2 is 1.68 bits per heavy atom. The molecule has 0 amide bonds. The predicted octanol–water partition coefficient (Wildman–Crippen LogP) is 3.86. The van der Waals surface area contributed by atoms with Gasteiger partial charge < -0.3 is 15.5 Å². The van der Waals surface area contributed by atoms with E-state index < -0.39 is 5.97 Å². The first-order valence-corrected chi connectivity index (χ1v) is 6.92. The number of carboxylic acid groups (broad SMARTS) is 1. The minimum Gasteiger partial charge on any atom is -0.508 e. The fourth-order valence-corrected chi connectivity index (χ4v) is 2.43. The summed E-state index contributed by atoms with van der Waals surface area (Å²) in [6.45, 7) is 0.458. The second-order valence-corrected chi connectivity index (χ2v) is 5.02. The number of carboxylic acids is 1. The van der Waals surface area contributed by atoms with Crippen LogP contribution >= 0.6 is 0 Å². The highest BCUT2D eigenvalue weighted by molar-refractivity contribution is 5.88. The topological polar surface area (TPSA) is 69.6 Å². The van der Waals surface area contributed by atoms with E-state index in [0.29, 0.717) is 6.54 Å². The van der Waals surface area contributed by atoms with Gasteiger partial charge in [0.05, 0.1) is 5.56 Å². The van der Waals surface area contributed by atoms with E-state index >= 15 is 0 Å². The van der Waals surface area contributed by atoms with Crippen molar-refractivity contribution in [1.29, 1.82) is 0 Å². The van der Waals surface area contributed by atoms with E-state index in [1.54, 1.807) is 30.3 Å². The van der Waals surface area contributed by atoms with E-state index in [-0.39, 0.29) is 11.3 Å². The summed E-state index contributed by atoms with van der Waals surface area (Å²) in [5, 5.41) is 24.2. The van der Waals surface area contributed by atoms with Crippen molar-refractivity contribution >= 4 is 22.4 Å². The van der Waals surface area contributed by atoms with E-state index in [1.165, 1.54) is 0 Å². The second-order valence-electron chi connectivity index (χ2n) is 5.02. The molecular weight excluding hydrogens is 278 g/mol. The zero-order valence-electron chi connectivity index (χ0n) is 11.8. The van der Waals surface area contributed by atoms with Gasteiger partial charge in [0.1, 0.15) is 5.75 Å². The molecule has 0 aromatic heterocycles. The third-order valence-corrected chi connectivity index (χ3v) is 3.62. The van der Waals surface area contributed by atoms with E-state index in [4.69, 9.17) is 5.11 Å². The van der Waals surface area contributed by atoms with Crippen LogP contribution < -0.4 is 5.32 Å². The van der Waals surface area contributed by atoms with Crippen molar-refractivity contribution in [2.24, 2.45) is 0 Å². The number of nitrogens with one attached hydrogen (secondary N) is 1. The molecule has 4 heteroatoms. The van der Waals surface area contributed by atoms with Crippen LogP contribution in [0.1, 0.15) is 15.9 Å². The Morgan fingerprint density at radius 3 is 2.41 bits per heavy atom. The predicted molar refractivity (Wildman–Crippen MR) is 86.3 cm³/mol. The number of anilines is 1. The van der Waals surface area contributed by atoms with Crippen molar-refractivity contribution < 1.29 is 15.0 Å². The average Bonchev–Trinajstić information content (AvgIpc) is 2.54. The Labute approximate surface area is 127 Å². The zero-order chi connectivity index (χ0) is 15.5. The molecule has 0 aliphatic heterocycles.